The first-order chi connectivity index (χ1) is 16.3. The Hall–Kier alpha value is -4.04. The summed E-state index contributed by atoms with van der Waals surface area (Å²) in [6.45, 7) is 0. The molecule has 4 aromatic carbocycles. The molecule has 0 atom stereocenters. The maximum absolute atomic E-state index is 12.0. The van der Waals surface area contributed by atoms with Gasteiger partial charge in [-0.2, -0.15) is 21.9 Å². The molecular formula is C22H18N4O7S2. The van der Waals surface area contributed by atoms with Crippen LogP contribution >= 0.6 is 0 Å². The van der Waals surface area contributed by atoms with Gasteiger partial charge < -0.3 is 16.6 Å². The van der Waals surface area contributed by atoms with Crippen LogP contribution in [0.25, 0.3) is 21.9 Å². The molecule has 11 nitrogen and oxygen atoms in total. The van der Waals surface area contributed by atoms with Crippen LogP contribution < -0.4 is 11.5 Å². The summed E-state index contributed by atoms with van der Waals surface area (Å²) in [4.78, 5) is -1.46. The summed E-state index contributed by atoms with van der Waals surface area (Å²) in [7, 11) is -9.62. The average molecular weight is 515 g/mol. The molecule has 0 heterocycles. The zero-order chi connectivity index (χ0) is 25.5. The van der Waals surface area contributed by atoms with Crippen LogP contribution in [0.3, 0.4) is 0 Å². The highest BCUT2D eigenvalue weighted by Crippen LogP contribution is 2.44. The van der Waals surface area contributed by atoms with Crippen molar-refractivity contribution in [3.63, 3.8) is 0 Å². The SMILES string of the molecule is Nc1ccc(-c2ccc(N=Nc3c(S(=O)(=O)O)cc4cc(S(=O)(=O)O)cc(N)c4c3O)cc2)cc1. The van der Waals surface area contributed by atoms with E-state index in [0.29, 0.717) is 11.4 Å². The fourth-order valence-electron chi connectivity index (χ4n) is 3.44. The molecule has 0 spiro atoms. The third-order valence-corrected chi connectivity index (χ3v) is 6.80. The second kappa shape index (κ2) is 8.63. The molecule has 0 aromatic heterocycles. The third-order valence-electron chi connectivity index (χ3n) is 5.11. The summed E-state index contributed by atoms with van der Waals surface area (Å²) in [5.74, 6) is -0.753. The lowest BCUT2D eigenvalue weighted by Crippen LogP contribution is -2.02. The molecule has 0 unspecified atom stereocenters. The van der Waals surface area contributed by atoms with Gasteiger partial charge in [0.05, 0.1) is 10.6 Å². The minimum atomic E-state index is -4.94. The second-order valence-corrected chi connectivity index (χ2v) is 10.3. The molecule has 4 aromatic rings. The van der Waals surface area contributed by atoms with Crippen molar-refractivity contribution in [1.29, 1.82) is 0 Å². The molecule has 180 valence electrons. The molecule has 7 N–H and O–H groups in total. The van der Waals surface area contributed by atoms with E-state index in [1.807, 2.05) is 12.1 Å². The number of fused-ring (bicyclic) bond motifs is 1. The molecule has 0 bridgehead atoms. The van der Waals surface area contributed by atoms with E-state index in [9.17, 15) is 31.0 Å². The summed E-state index contributed by atoms with van der Waals surface area (Å²) in [5, 5.41) is 18.2. The lowest BCUT2D eigenvalue weighted by atomic mass is 10.1. The van der Waals surface area contributed by atoms with Crippen molar-refractivity contribution in [3.8, 4) is 16.9 Å². The van der Waals surface area contributed by atoms with E-state index < -0.39 is 41.5 Å². The van der Waals surface area contributed by atoms with Crippen molar-refractivity contribution in [1.82, 2.24) is 0 Å². The van der Waals surface area contributed by atoms with E-state index >= 15 is 0 Å². The normalized spacial score (nSPS) is 12.4. The molecule has 0 saturated heterocycles. The average Bonchev–Trinajstić information content (AvgIpc) is 2.77. The Balaban J connectivity index is 1.81. The fourth-order valence-corrected chi connectivity index (χ4v) is 4.65. The Morgan fingerprint density at radius 2 is 1.29 bits per heavy atom. The largest absolute Gasteiger partial charge is 0.505 e. The Labute approximate surface area is 199 Å². The highest BCUT2D eigenvalue weighted by atomic mass is 32.2. The van der Waals surface area contributed by atoms with Gasteiger partial charge in [-0.3, -0.25) is 9.11 Å². The molecule has 4 rings (SSSR count). The maximum Gasteiger partial charge on any atom is 0.296 e. The van der Waals surface area contributed by atoms with Crippen LogP contribution in [0.5, 0.6) is 5.75 Å². The summed E-state index contributed by atoms with van der Waals surface area (Å²) >= 11 is 0. The van der Waals surface area contributed by atoms with Crippen molar-refractivity contribution < 1.29 is 31.0 Å². The number of benzene rings is 4. The second-order valence-electron chi connectivity index (χ2n) is 7.50. The van der Waals surface area contributed by atoms with Crippen molar-refractivity contribution in [2.75, 3.05) is 11.5 Å². The number of azo groups is 1. The number of hydrogen-bond acceptors (Lipinski definition) is 9. The van der Waals surface area contributed by atoms with E-state index in [4.69, 9.17) is 11.5 Å². The van der Waals surface area contributed by atoms with E-state index in [1.54, 1.807) is 36.4 Å². The number of anilines is 2. The fraction of sp³-hybridized carbons (Fsp3) is 0. The highest BCUT2D eigenvalue weighted by molar-refractivity contribution is 7.86. The zero-order valence-electron chi connectivity index (χ0n) is 17.7. The number of hydrogen-bond donors (Lipinski definition) is 5. The standard InChI is InChI=1S/C22H18N4O7S2/c23-15-5-1-12(2-6-15)13-3-7-16(8-4-13)25-26-21-19(35(31,32)33)10-14-9-17(34(28,29)30)11-18(24)20(14)22(21)27/h1-11,27H,23-24H2,(H,28,29,30)(H,31,32,33). The molecule has 0 saturated carbocycles. The first-order valence-corrected chi connectivity index (χ1v) is 12.6. The van der Waals surface area contributed by atoms with Gasteiger partial charge in [0.1, 0.15) is 10.6 Å². The van der Waals surface area contributed by atoms with E-state index in [1.165, 1.54) is 0 Å². The molecule has 0 amide bonds. The number of aromatic hydroxyl groups is 1. The van der Waals surface area contributed by atoms with Gasteiger partial charge in [-0.25, -0.2) is 0 Å². The molecule has 35 heavy (non-hydrogen) atoms. The lowest BCUT2D eigenvalue weighted by Gasteiger charge is -2.12. The van der Waals surface area contributed by atoms with Crippen LogP contribution in [0.15, 0.2) is 86.7 Å². The van der Waals surface area contributed by atoms with Gasteiger partial charge >= 0.3 is 0 Å². The monoisotopic (exact) mass is 514 g/mol. The number of rotatable bonds is 5. The Morgan fingerprint density at radius 3 is 1.83 bits per heavy atom. The molecule has 0 aliphatic heterocycles. The van der Waals surface area contributed by atoms with Crippen LogP contribution in [0, 0.1) is 0 Å². The van der Waals surface area contributed by atoms with Crippen LogP contribution in [-0.2, 0) is 20.2 Å². The summed E-state index contributed by atoms with van der Waals surface area (Å²) in [5.41, 5.74) is 13.4. The summed E-state index contributed by atoms with van der Waals surface area (Å²) < 4.78 is 65.9. The van der Waals surface area contributed by atoms with E-state index in [2.05, 4.69) is 10.2 Å². The lowest BCUT2D eigenvalue weighted by molar-refractivity contribution is 0.472. The van der Waals surface area contributed by atoms with Crippen molar-refractivity contribution in [2.24, 2.45) is 10.2 Å². The Morgan fingerprint density at radius 1 is 0.714 bits per heavy atom. The van der Waals surface area contributed by atoms with E-state index in [-0.39, 0.29) is 16.5 Å². The number of phenolic OH excluding ortho intramolecular Hbond substituents is 1. The minimum absolute atomic E-state index is 0.141. The molecular weight excluding hydrogens is 496 g/mol. The van der Waals surface area contributed by atoms with Crippen molar-refractivity contribution in [3.05, 3.63) is 66.7 Å². The number of nitrogens with two attached hydrogens (primary N) is 2. The predicted octanol–water partition coefficient (Wildman–Crippen LogP) is 4.29. The quantitative estimate of drug-likeness (QED) is 0.146. The zero-order valence-corrected chi connectivity index (χ0v) is 19.3. The van der Waals surface area contributed by atoms with E-state index in [0.717, 1.165) is 29.3 Å². The van der Waals surface area contributed by atoms with Crippen LogP contribution in [0.2, 0.25) is 0 Å². The first-order valence-electron chi connectivity index (χ1n) is 9.76. The minimum Gasteiger partial charge on any atom is -0.505 e. The molecule has 0 aliphatic carbocycles. The van der Waals surface area contributed by atoms with Gasteiger partial charge in [0, 0.05) is 16.8 Å². The Bertz CT molecular complexity index is 1700. The Kier molecular flexibility index (Phi) is 5.94. The van der Waals surface area contributed by atoms with Crippen LogP contribution in [0.1, 0.15) is 0 Å². The first kappa shape index (κ1) is 24.1. The van der Waals surface area contributed by atoms with Crippen molar-refractivity contribution >= 4 is 53.8 Å². The van der Waals surface area contributed by atoms with Gasteiger partial charge in [0.25, 0.3) is 20.2 Å². The van der Waals surface area contributed by atoms with Gasteiger partial charge in [-0.1, -0.05) is 24.3 Å². The number of phenols is 1. The number of nitrogens with zero attached hydrogens (tertiary/aromatic N) is 2. The topological polar surface area (TPSA) is 206 Å². The molecule has 0 radical (unpaired) electrons. The smallest absolute Gasteiger partial charge is 0.296 e. The predicted molar refractivity (Wildman–Crippen MR) is 130 cm³/mol. The summed E-state index contributed by atoms with van der Waals surface area (Å²) in [6.07, 6.45) is 0. The van der Waals surface area contributed by atoms with Gasteiger partial charge in [-0.05, 0) is 59.0 Å². The maximum atomic E-state index is 12.0. The highest BCUT2D eigenvalue weighted by Gasteiger charge is 2.24. The van der Waals surface area contributed by atoms with Gasteiger partial charge in [0.2, 0.25) is 0 Å². The molecule has 13 heteroatoms. The number of nitrogen functional groups attached to an aromatic ring is 2. The summed E-state index contributed by atoms with van der Waals surface area (Å²) in [6, 6.07) is 16.6. The van der Waals surface area contributed by atoms with Crippen LogP contribution in [0.4, 0.5) is 22.7 Å². The van der Waals surface area contributed by atoms with Crippen molar-refractivity contribution in [2.45, 2.75) is 9.79 Å². The van der Waals surface area contributed by atoms with Gasteiger partial charge in [-0.15, -0.1) is 5.11 Å². The van der Waals surface area contributed by atoms with Gasteiger partial charge in [0.15, 0.2) is 5.75 Å². The molecule has 0 fully saturated rings. The van der Waals surface area contributed by atoms with Crippen LogP contribution in [-0.4, -0.2) is 31.0 Å². The third kappa shape index (κ3) is 4.93. The molecule has 0 aliphatic rings.